The first-order valence-electron chi connectivity index (χ1n) is 8.35. The van der Waals surface area contributed by atoms with Gasteiger partial charge in [0.05, 0.1) is 10.2 Å². The minimum absolute atomic E-state index is 0.0497. The average Bonchev–Trinajstić information content (AvgIpc) is 3.02. The topological polar surface area (TPSA) is 79.3 Å². The highest BCUT2D eigenvalue weighted by Crippen LogP contribution is 2.30. The summed E-state index contributed by atoms with van der Waals surface area (Å²) in [5.74, 6) is -0.0814. The second-order valence-corrected chi connectivity index (χ2v) is 6.77. The summed E-state index contributed by atoms with van der Waals surface area (Å²) < 4.78 is 0.995. The molecule has 3 rings (SSSR count). The van der Waals surface area contributed by atoms with Gasteiger partial charge in [-0.15, -0.1) is 0 Å². The molecule has 1 aromatic heterocycles. The summed E-state index contributed by atoms with van der Waals surface area (Å²) in [6.45, 7) is 5.27. The first-order valence-corrected chi connectivity index (χ1v) is 9.16. The molecule has 3 aromatic rings. The van der Waals surface area contributed by atoms with Crippen molar-refractivity contribution in [3.63, 3.8) is 0 Å². The molecule has 0 aliphatic carbocycles. The number of nitrogens with one attached hydrogen (secondary N) is 1. The highest BCUT2D eigenvalue weighted by Gasteiger charge is 2.08. The van der Waals surface area contributed by atoms with E-state index in [1.807, 2.05) is 49.4 Å². The maximum absolute atomic E-state index is 11.5. The minimum atomic E-state index is -0.131. The van der Waals surface area contributed by atoms with Gasteiger partial charge in [0.25, 0.3) is 0 Å². The van der Waals surface area contributed by atoms with Gasteiger partial charge in [0, 0.05) is 19.1 Å². The van der Waals surface area contributed by atoms with Crippen molar-refractivity contribution in [1.29, 1.82) is 0 Å². The summed E-state index contributed by atoms with van der Waals surface area (Å²) in [4.78, 5) is 27.0. The number of carbonyl (C=O) groups excluding carboxylic acids is 2. The van der Waals surface area contributed by atoms with Crippen LogP contribution in [0.1, 0.15) is 37.6 Å². The number of fused-ring (bicyclic) bond motifs is 1. The van der Waals surface area contributed by atoms with Gasteiger partial charge in [-0.25, -0.2) is 4.98 Å². The molecule has 1 heterocycles. The van der Waals surface area contributed by atoms with Crippen LogP contribution in [0.4, 0.5) is 5.13 Å². The highest BCUT2D eigenvalue weighted by atomic mass is 32.1. The summed E-state index contributed by atoms with van der Waals surface area (Å²) in [7, 11) is 0. The van der Waals surface area contributed by atoms with Crippen LogP contribution in [0, 0.1) is 0 Å². The highest BCUT2D eigenvalue weighted by molar-refractivity contribution is 7.22. The van der Waals surface area contributed by atoms with E-state index in [4.69, 9.17) is 5.11 Å². The number of carbonyl (C=O) groups is 2. The van der Waals surface area contributed by atoms with Crippen LogP contribution in [0.2, 0.25) is 0 Å². The lowest BCUT2D eigenvalue weighted by atomic mass is 10.0. The third-order valence-corrected chi connectivity index (χ3v) is 4.43. The number of rotatable bonds is 4. The molecule has 0 fully saturated rings. The Bertz CT molecular complexity index is 916. The molecule has 0 aliphatic heterocycles. The second-order valence-electron chi connectivity index (χ2n) is 5.74. The Morgan fingerprint density at radius 2 is 1.81 bits per heavy atom. The van der Waals surface area contributed by atoms with Gasteiger partial charge in [-0.1, -0.05) is 42.5 Å². The molecular weight excluding hydrogens is 348 g/mol. The van der Waals surface area contributed by atoms with Crippen molar-refractivity contribution in [3.8, 4) is 11.1 Å². The van der Waals surface area contributed by atoms with Gasteiger partial charge < -0.3 is 10.4 Å². The number of nitrogens with zero attached hydrogens (tertiary/aromatic N) is 1. The molecule has 6 heteroatoms. The molecule has 26 heavy (non-hydrogen) atoms. The number of hydrogen-bond donors (Lipinski definition) is 2. The molecule has 2 N–H and O–H groups in total. The number of aliphatic hydroxyl groups excluding tert-OH is 1. The fraction of sp³-hybridized carbons (Fsp3) is 0.250. The Labute approximate surface area is 156 Å². The van der Waals surface area contributed by atoms with Crippen molar-refractivity contribution >= 4 is 38.4 Å². The SMILES string of the molecule is CC(=O)Nc1nc2ccc(-c3cccc(C(C)=O)c3)cc2s1.CCCO. The lowest BCUT2D eigenvalue weighted by Gasteiger charge is -2.03. The maximum atomic E-state index is 11.5. The first-order chi connectivity index (χ1) is 12.4. The summed E-state index contributed by atoms with van der Waals surface area (Å²) in [6.07, 6.45) is 0.875. The van der Waals surface area contributed by atoms with Crippen molar-refractivity contribution in [1.82, 2.24) is 4.98 Å². The normalized spacial score (nSPS) is 10.2. The van der Waals surface area contributed by atoms with Gasteiger partial charge in [-0.05, 0) is 42.7 Å². The number of ketones is 1. The fourth-order valence-electron chi connectivity index (χ4n) is 2.23. The molecule has 5 nitrogen and oxygen atoms in total. The van der Waals surface area contributed by atoms with Crippen LogP contribution in [0.15, 0.2) is 42.5 Å². The Balaban J connectivity index is 0.000000552. The number of benzene rings is 2. The molecular formula is C20H22N2O3S. The summed E-state index contributed by atoms with van der Waals surface area (Å²) in [5, 5.41) is 11.2. The van der Waals surface area contributed by atoms with E-state index in [1.54, 1.807) is 6.92 Å². The van der Waals surface area contributed by atoms with E-state index in [1.165, 1.54) is 18.3 Å². The van der Waals surface area contributed by atoms with Crippen LogP contribution in [0.5, 0.6) is 0 Å². The fourth-order valence-corrected chi connectivity index (χ4v) is 3.18. The predicted octanol–water partition coefficient (Wildman–Crippen LogP) is 4.51. The molecule has 1 amide bonds. The zero-order valence-electron chi connectivity index (χ0n) is 15.1. The third kappa shape index (κ3) is 5.21. The lowest BCUT2D eigenvalue weighted by molar-refractivity contribution is -0.114. The molecule has 0 unspecified atom stereocenters. The number of thiazole rings is 1. The number of aromatic nitrogens is 1. The molecule has 0 saturated heterocycles. The first kappa shape index (κ1) is 19.8. The van der Waals surface area contributed by atoms with Crippen LogP contribution >= 0.6 is 11.3 Å². The number of aliphatic hydroxyl groups is 1. The van der Waals surface area contributed by atoms with Crippen LogP contribution in [0.3, 0.4) is 0 Å². The van der Waals surface area contributed by atoms with E-state index in [0.717, 1.165) is 27.8 Å². The summed E-state index contributed by atoms with van der Waals surface area (Å²) in [6, 6.07) is 13.5. The molecule has 0 atom stereocenters. The maximum Gasteiger partial charge on any atom is 0.223 e. The van der Waals surface area contributed by atoms with Crippen molar-refractivity contribution in [2.24, 2.45) is 0 Å². The molecule has 0 saturated carbocycles. The molecule has 0 spiro atoms. The third-order valence-electron chi connectivity index (χ3n) is 3.50. The number of Topliss-reactive ketones (excluding diaryl/α,β-unsaturated/α-hetero) is 1. The van der Waals surface area contributed by atoms with Crippen molar-refractivity contribution in [2.75, 3.05) is 11.9 Å². The van der Waals surface area contributed by atoms with Gasteiger partial charge in [-0.3, -0.25) is 9.59 Å². The van der Waals surface area contributed by atoms with E-state index in [2.05, 4.69) is 10.3 Å². The van der Waals surface area contributed by atoms with Gasteiger partial charge in [0.2, 0.25) is 5.91 Å². The van der Waals surface area contributed by atoms with Crippen LogP contribution < -0.4 is 5.32 Å². The van der Waals surface area contributed by atoms with Gasteiger partial charge >= 0.3 is 0 Å². The Kier molecular flexibility index (Phi) is 7.00. The standard InChI is InChI=1S/C17H14N2O2S.C3H8O/c1-10(20)12-4-3-5-13(8-12)14-6-7-15-16(9-14)22-17(19-15)18-11(2)21;1-2-3-4/h3-9H,1-2H3,(H,18,19,21);4H,2-3H2,1H3. The largest absolute Gasteiger partial charge is 0.396 e. The Hall–Kier alpha value is -2.57. The van der Waals surface area contributed by atoms with E-state index in [-0.39, 0.29) is 11.7 Å². The van der Waals surface area contributed by atoms with Crippen LogP contribution in [0.25, 0.3) is 21.3 Å². The summed E-state index contributed by atoms with van der Waals surface area (Å²) in [5.41, 5.74) is 3.55. The lowest BCUT2D eigenvalue weighted by Crippen LogP contribution is -2.04. The predicted molar refractivity (Wildman–Crippen MR) is 107 cm³/mol. The van der Waals surface area contributed by atoms with Gasteiger partial charge in [0.15, 0.2) is 10.9 Å². The molecule has 0 bridgehead atoms. The second kappa shape index (κ2) is 9.22. The van der Waals surface area contributed by atoms with Crippen LogP contribution in [-0.2, 0) is 4.79 Å². The van der Waals surface area contributed by atoms with Gasteiger partial charge in [0.1, 0.15) is 0 Å². The Morgan fingerprint density at radius 3 is 2.42 bits per heavy atom. The minimum Gasteiger partial charge on any atom is -0.396 e. The van der Waals surface area contributed by atoms with Crippen LogP contribution in [-0.4, -0.2) is 28.4 Å². The van der Waals surface area contributed by atoms with E-state index < -0.39 is 0 Å². The van der Waals surface area contributed by atoms with E-state index >= 15 is 0 Å². The number of anilines is 1. The molecule has 0 radical (unpaired) electrons. The quantitative estimate of drug-likeness (QED) is 0.662. The molecule has 136 valence electrons. The van der Waals surface area contributed by atoms with Crippen molar-refractivity contribution in [3.05, 3.63) is 48.0 Å². The monoisotopic (exact) mass is 370 g/mol. The smallest absolute Gasteiger partial charge is 0.223 e. The van der Waals surface area contributed by atoms with E-state index in [9.17, 15) is 9.59 Å². The molecule has 2 aromatic carbocycles. The number of hydrogen-bond acceptors (Lipinski definition) is 5. The van der Waals surface area contributed by atoms with Crippen molar-refractivity contribution in [2.45, 2.75) is 27.2 Å². The zero-order valence-corrected chi connectivity index (χ0v) is 15.9. The van der Waals surface area contributed by atoms with E-state index in [0.29, 0.717) is 17.3 Å². The Morgan fingerprint density at radius 1 is 1.12 bits per heavy atom. The molecule has 0 aliphatic rings. The average molecular weight is 370 g/mol. The van der Waals surface area contributed by atoms with Crippen molar-refractivity contribution < 1.29 is 14.7 Å². The van der Waals surface area contributed by atoms with Gasteiger partial charge in [-0.2, -0.15) is 0 Å². The zero-order chi connectivity index (χ0) is 19.1. The summed E-state index contributed by atoms with van der Waals surface area (Å²) >= 11 is 1.43. The number of amides is 1.